The van der Waals surface area contributed by atoms with Crippen LogP contribution in [0.5, 0.6) is 5.75 Å². The minimum atomic E-state index is -0.397. The van der Waals surface area contributed by atoms with E-state index in [-0.39, 0.29) is 11.2 Å². The summed E-state index contributed by atoms with van der Waals surface area (Å²) in [6.45, 7) is 0. The van der Waals surface area contributed by atoms with Gasteiger partial charge in [-0.2, -0.15) is 0 Å². The first kappa shape index (κ1) is 17.0. The number of hydrogen-bond acceptors (Lipinski definition) is 5. The van der Waals surface area contributed by atoms with E-state index in [1.807, 2.05) is 30.3 Å². The number of benzene rings is 2. The number of carbonyl (C=O) groups is 3. The van der Waals surface area contributed by atoms with E-state index in [0.717, 1.165) is 22.9 Å². The number of aryl methyl sites for hydroxylation is 1. The van der Waals surface area contributed by atoms with Crippen LogP contribution in [0.4, 0.5) is 4.79 Å². The molecule has 1 N–H and O–H groups in total. The molecule has 0 bridgehead atoms. The van der Waals surface area contributed by atoms with Gasteiger partial charge in [0, 0.05) is 6.42 Å². The van der Waals surface area contributed by atoms with Crippen LogP contribution in [0, 0.1) is 0 Å². The van der Waals surface area contributed by atoms with Crippen LogP contribution in [-0.4, -0.2) is 17.1 Å². The fraction of sp³-hybridized carbons (Fsp3) is 0.105. The second kappa shape index (κ2) is 7.81. The van der Waals surface area contributed by atoms with Gasteiger partial charge in [-0.05, 0) is 47.5 Å². The average Bonchev–Trinajstić information content (AvgIpc) is 2.93. The normalized spacial score (nSPS) is 15.3. The van der Waals surface area contributed by atoms with Gasteiger partial charge in [0.15, 0.2) is 0 Å². The van der Waals surface area contributed by atoms with Gasteiger partial charge in [-0.15, -0.1) is 0 Å². The summed E-state index contributed by atoms with van der Waals surface area (Å²) in [5.74, 6) is -0.252. The highest BCUT2D eigenvalue weighted by Crippen LogP contribution is 2.26. The minimum absolute atomic E-state index is 0.300. The van der Waals surface area contributed by atoms with E-state index in [1.54, 1.807) is 30.3 Å². The molecule has 1 heterocycles. The summed E-state index contributed by atoms with van der Waals surface area (Å²) >= 11 is 0.864. The van der Waals surface area contributed by atoms with Crippen LogP contribution < -0.4 is 10.1 Å². The van der Waals surface area contributed by atoms with E-state index in [2.05, 4.69) is 5.32 Å². The average molecular weight is 353 g/mol. The van der Waals surface area contributed by atoms with E-state index >= 15 is 0 Å². The molecule has 1 aliphatic heterocycles. The summed E-state index contributed by atoms with van der Waals surface area (Å²) in [7, 11) is 0. The molecule has 5 nitrogen and oxygen atoms in total. The summed E-state index contributed by atoms with van der Waals surface area (Å²) in [4.78, 5) is 34.9. The Balaban J connectivity index is 1.55. The standard InChI is InChI=1S/C19H15NO4S/c21-17(11-8-13-4-2-1-3-5-13)24-15-9-6-14(7-10-15)12-16-18(22)20-19(23)25-16/h1-7,9-10,12H,8,11H2,(H,20,22,23)/b16-12-. The van der Waals surface area contributed by atoms with Crippen molar-refractivity contribution in [1.82, 2.24) is 5.32 Å². The molecule has 0 aromatic heterocycles. The Morgan fingerprint density at radius 3 is 2.40 bits per heavy atom. The predicted octanol–water partition coefficient (Wildman–Crippen LogP) is 3.55. The van der Waals surface area contributed by atoms with Gasteiger partial charge < -0.3 is 4.74 Å². The molecule has 1 aliphatic rings. The molecule has 0 saturated carbocycles. The predicted molar refractivity (Wildman–Crippen MR) is 95.9 cm³/mol. The maximum Gasteiger partial charge on any atom is 0.311 e. The lowest BCUT2D eigenvalue weighted by Crippen LogP contribution is -2.17. The van der Waals surface area contributed by atoms with Gasteiger partial charge in [-0.3, -0.25) is 19.7 Å². The van der Waals surface area contributed by atoms with Crippen molar-refractivity contribution in [2.45, 2.75) is 12.8 Å². The van der Waals surface area contributed by atoms with Crippen molar-refractivity contribution in [3.8, 4) is 5.75 Å². The highest BCUT2D eigenvalue weighted by molar-refractivity contribution is 8.18. The van der Waals surface area contributed by atoms with Crippen molar-refractivity contribution in [2.24, 2.45) is 0 Å². The van der Waals surface area contributed by atoms with E-state index in [1.165, 1.54) is 0 Å². The van der Waals surface area contributed by atoms with Gasteiger partial charge in [0.2, 0.25) is 0 Å². The zero-order valence-corrected chi connectivity index (χ0v) is 14.0. The van der Waals surface area contributed by atoms with Crippen LogP contribution in [0.25, 0.3) is 6.08 Å². The van der Waals surface area contributed by atoms with Crippen molar-refractivity contribution >= 4 is 35.0 Å². The SMILES string of the molecule is O=C(CCc1ccccc1)Oc1ccc(/C=C2\SC(=O)NC2=O)cc1. The van der Waals surface area contributed by atoms with Gasteiger partial charge in [-0.1, -0.05) is 42.5 Å². The van der Waals surface area contributed by atoms with Crippen LogP contribution in [0.1, 0.15) is 17.5 Å². The first-order valence-corrected chi connectivity index (χ1v) is 8.51. The molecule has 0 unspecified atom stereocenters. The van der Waals surface area contributed by atoms with Crippen LogP contribution in [0.3, 0.4) is 0 Å². The summed E-state index contributed by atoms with van der Waals surface area (Å²) in [5.41, 5.74) is 1.83. The summed E-state index contributed by atoms with van der Waals surface area (Å²) in [6, 6.07) is 16.5. The van der Waals surface area contributed by atoms with Crippen LogP contribution in [-0.2, 0) is 16.0 Å². The molecule has 2 aromatic rings. The molecule has 1 fully saturated rings. The third-order valence-corrected chi connectivity index (χ3v) is 4.32. The summed E-state index contributed by atoms with van der Waals surface area (Å²) in [5, 5.41) is 1.82. The molecule has 2 amide bonds. The molecule has 1 saturated heterocycles. The maximum absolute atomic E-state index is 11.9. The highest BCUT2D eigenvalue weighted by atomic mass is 32.2. The van der Waals surface area contributed by atoms with Gasteiger partial charge in [0.1, 0.15) is 5.75 Å². The fourth-order valence-corrected chi connectivity index (χ4v) is 2.96. The highest BCUT2D eigenvalue weighted by Gasteiger charge is 2.24. The van der Waals surface area contributed by atoms with E-state index < -0.39 is 5.91 Å². The zero-order chi connectivity index (χ0) is 17.6. The minimum Gasteiger partial charge on any atom is -0.427 e. The quantitative estimate of drug-likeness (QED) is 0.506. The molecule has 0 spiro atoms. The molecule has 3 rings (SSSR count). The first-order chi connectivity index (χ1) is 12.1. The molecular weight excluding hydrogens is 338 g/mol. The second-order valence-corrected chi connectivity index (χ2v) is 6.40. The van der Waals surface area contributed by atoms with Crippen molar-refractivity contribution in [3.05, 3.63) is 70.6 Å². The molecular formula is C19H15NO4S. The Kier molecular flexibility index (Phi) is 5.30. The lowest BCUT2D eigenvalue weighted by molar-refractivity contribution is -0.134. The molecule has 25 heavy (non-hydrogen) atoms. The fourth-order valence-electron chi connectivity index (χ4n) is 2.28. The Hall–Kier alpha value is -2.86. The molecule has 126 valence electrons. The zero-order valence-electron chi connectivity index (χ0n) is 13.2. The number of nitrogens with one attached hydrogen (secondary N) is 1. The Morgan fingerprint density at radius 1 is 1.04 bits per heavy atom. The number of carbonyl (C=O) groups excluding carboxylic acids is 3. The first-order valence-electron chi connectivity index (χ1n) is 7.70. The Morgan fingerprint density at radius 2 is 1.76 bits per heavy atom. The van der Waals surface area contributed by atoms with Crippen LogP contribution in [0.15, 0.2) is 59.5 Å². The van der Waals surface area contributed by atoms with Gasteiger partial charge >= 0.3 is 5.97 Å². The largest absolute Gasteiger partial charge is 0.427 e. The molecule has 6 heteroatoms. The smallest absolute Gasteiger partial charge is 0.311 e. The van der Waals surface area contributed by atoms with E-state index in [9.17, 15) is 14.4 Å². The summed E-state index contributed by atoms with van der Waals surface area (Å²) < 4.78 is 5.30. The van der Waals surface area contributed by atoms with Crippen molar-refractivity contribution in [2.75, 3.05) is 0 Å². The van der Waals surface area contributed by atoms with E-state index in [0.29, 0.717) is 23.5 Å². The van der Waals surface area contributed by atoms with Gasteiger partial charge in [-0.25, -0.2) is 0 Å². The van der Waals surface area contributed by atoms with Crippen LogP contribution >= 0.6 is 11.8 Å². The van der Waals surface area contributed by atoms with Gasteiger partial charge in [0.05, 0.1) is 4.91 Å². The maximum atomic E-state index is 11.9. The van der Waals surface area contributed by atoms with E-state index in [4.69, 9.17) is 4.74 Å². The summed E-state index contributed by atoms with van der Waals surface area (Å²) in [6.07, 6.45) is 2.55. The Labute approximate surface area is 149 Å². The molecule has 0 atom stereocenters. The topological polar surface area (TPSA) is 72.5 Å². The third kappa shape index (κ3) is 4.81. The number of amides is 2. The number of ether oxygens (including phenoxy) is 1. The molecule has 0 radical (unpaired) electrons. The van der Waals surface area contributed by atoms with Crippen molar-refractivity contribution < 1.29 is 19.1 Å². The van der Waals surface area contributed by atoms with Crippen molar-refractivity contribution in [1.29, 1.82) is 0 Å². The number of imide groups is 1. The monoisotopic (exact) mass is 353 g/mol. The number of thioether (sulfide) groups is 1. The number of hydrogen-bond donors (Lipinski definition) is 1. The second-order valence-electron chi connectivity index (χ2n) is 5.38. The lowest BCUT2D eigenvalue weighted by Gasteiger charge is -2.05. The van der Waals surface area contributed by atoms with Crippen LogP contribution in [0.2, 0.25) is 0 Å². The van der Waals surface area contributed by atoms with Gasteiger partial charge in [0.25, 0.3) is 11.1 Å². The van der Waals surface area contributed by atoms with Crippen molar-refractivity contribution in [3.63, 3.8) is 0 Å². The number of rotatable bonds is 5. The Bertz CT molecular complexity index is 828. The third-order valence-electron chi connectivity index (χ3n) is 3.51. The molecule has 2 aromatic carbocycles. The molecule has 0 aliphatic carbocycles. The lowest BCUT2D eigenvalue weighted by atomic mass is 10.1. The number of esters is 1.